The molecule has 0 radical (unpaired) electrons. The number of hydrogen-bond acceptors (Lipinski definition) is 2. The van der Waals surface area contributed by atoms with E-state index in [0.29, 0.717) is 6.04 Å². The Balaban J connectivity index is 2.08. The number of ether oxygens (including phenoxy) is 1. The summed E-state index contributed by atoms with van der Waals surface area (Å²) in [7, 11) is 1.75. The first kappa shape index (κ1) is 12.1. The summed E-state index contributed by atoms with van der Waals surface area (Å²) in [6, 6.07) is 8.97. The van der Waals surface area contributed by atoms with Crippen LogP contribution in [0, 0.1) is 0 Å². The standard InChI is InChI=1S/C13H18BrNO/c1-10(9-16-2)15-13(6-7-13)11-4-3-5-12(14)8-11/h3-5,8,10,15H,6-7,9H2,1-2H3. The van der Waals surface area contributed by atoms with Crippen LogP contribution >= 0.6 is 15.9 Å². The molecule has 1 fully saturated rings. The van der Waals surface area contributed by atoms with Gasteiger partial charge >= 0.3 is 0 Å². The quantitative estimate of drug-likeness (QED) is 0.897. The van der Waals surface area contributed by atoms with Gasteiger partial charge in [0, 0.05) is 23.2 Å². The lowest BCUT2D eigenvalue weighted by atomic mass is 10.0. The molecule has 3 heteroatoms. The van der Waals surface area contributed by atoms with E-state index in [2.05, 4.69) is 52.4 Å². The third-order valence-electron chi connectivity index (χ3n) is 3.07. The van der Waals surface area contributed by atoms with E-state index < -0.39 is 0 Å². The predicted octanol–water partition coefficient (Wildman–Crippen LogP) is 3.06. The van der Waals surface area contributed by atoms with E-state index in [0.717, 1.165) is 11.1 Å². The highest BCUT2D eigenvalue weighted by molar-refractivity contribution is 9.10. The van der Waals surface area contributed by atoms with Crippen LogP contribution in [0.2, 0.25) is 0 Å². The van der Waals surface area contributed by atoms with Crippen LogP contribution in [0.15, 0.2) is 28.7 Å². The zero-order valence-electron chi connectivity index (χ0n) is 9.79. The van der Waals surface area contributed by atoms with Gasteiger partial charge in [0.15, 0.2) is 0 Å². The van der Waals surface area contributed by atoms with Crippen molar-refractivity contribution in [3.8, 4) is 0 Å². The summed E-state index contributed by atoms with van der Waals surface area (Å²) in [5.41, 5.74) is 1.58. The number of rotatable bonds is 5. The fourth-order valence-corrected chi connectivity index (χ4v) is 2.59. The lowest BCUT2D eigenvalue weighted by molar-refractivity contribution is 0.164. The maximum absolute atomic E-state index is 5.17. The predicted molar refractivity (Wildman–Crippen MR) is 69.5 cm³/mol. The lowest BCUT2D eigenvalue weighted by Gasteiger charge is -2.23. The fourth-order valence-electron chi connectivity index (χ4n) is 2.19. The molecular formula is C13H18BrNO. The van der Waals surface area contributed by atoms with Gasteiger partial charge in [0.05, 0.1) is 6.61 Å². The number of halogens is 1. The molecule has 1 saturated carbocycles. The van der Waals surface area contributed by atoms with Crippen LogP contribution in [0.3, 0.4) is 0 Å². The van der Waals surface area contributed by atoms with E-state index in [4.69, 9.17) is 4.74 Å². The van der Waals surface area contributed by atoms with Gasteiger partial charge < -0.3 is 10.1 Å². The van der Waals surface area contributed by atoms with E-state index in [9.17, 15) is 0 Å². The average molecular weight is 284 g/mol. The molecule has 0 heterocycles. The van der Waals surface area contributed by atoms with Gasteiger partial charge in [-0.25, -0.2) is 0 Å². The van der Waals surface area contributed by atoms with Gasteiger partial charge in [0.2, 0.25) is 0 Å². The molecule has 88 valence electrons. The smallest absolute Gasteiger partial charge is 0.0613 e. The van der Waals surface area contributed by atoms with Crippen LogP contribution in [0.25, 0.3) is 0 Å². The number of methoxy groups -OCH3 is 1. The van der Waals surface area contributed by atoms with E-state index in [1.54, 1.807) is 7.11 Å². The molecule has 0 aromatic heterocycles. The monoisotopic (exact) mass is 283 g/mol. The van der Waals surface area contributed by atoms with Crippen LogP contribution in [-0.4, -0.2) is 19.8 Å². The van der Waals surface area contributed by atoms with Crippen LogP contribution in [0.1, 0.15) is 25.3 Å². The van der Waals surface area contributed by atoms with Crippen LogP contribution in [0.5, 0.6) is 0 Å². The van der Waals surface area contributed by atoms with Gasteiger partial charge in [0.1, 0.15) is 0 Å². The minimum Gasteiger partial charge on any atom is -0.383 e. The first-order valence-corrected chi connectivity index (χ1v) is 6.48. The number of nitrogens with one attached hydrogen (secondary N) is 1. The van der Waals surface area contributed by atoms with Crippen molar-refractivity contribution in [2.75, 3.05) is 13.7 Å². The minimum absolute atomic E-state index is 0.196. The van der Waals surface area contributed by atoms with Crippen molar-refractivity contribution in [2.24, 2.45) is 0 Å². The second kappa shape index (κ2) is 4.86. The Hall–Kier alpha value is -0.380. The van der Waals surface area contributed by atoms with Gasteiger partial charge in [0.25, 0.3) is 0 Å². The van der Waals surface area contributed by atoms with Crippen molar-refractivity contribution >= 4 is 15.9 Å². The highest BCUT2D eigenvalue weighted by Crippen LogP contribution is 2.46. The maximum Gasteiger partial charge on any atom is 0.0613 e. The number of hydrogen-bond donors (Lipinski definition) is 1. The van der Waals surface area contributed by atoms with Gasteiger partial charge in [-0.05, 0) is 37.5 Å². The van der Waals surface area contributed by atoms with Gasteiger partial charge in [-0.2, -0.15) is 0 Å². The Bertz CT molecular complexity index is 363. The van der Waals surface area contributed by atoms with Crippen LogP contribution in [-0.2, 0) is 10.3 Å². The zero-order valence-corrected chi connectivity index (χ0v) is 11.4. The topological polar surface area (TPSA) is 21.3 Å². The Morgan fingerprint density at radius 1 is 1.50 bits per heavy atom. The fraction of sp³-hybridized carbons (Fsp3) is 0.538. The molecule has 2 nitrogen and oxygen atoms in total. The van der Waals surface area contributed by atoms with Gasteiger partial charge in [-0.15, -0.1) is 0 Å². The molecule has 0 aliphatic heterocycles. The summed E-state index contributed by atoms with van der Waals surface area (Å²) >= 11 is 3.53. The van der Waals surface area contributed by atoms with E-state index in [1.807, 2.05) is 0 Å². The summed E-state index contributed by atoms with van der Waals surface area (Å²) in [6.45, 7) is 2.93. The molecule has 0 bridgehead atoms. The summed E-state index contributed by atoms with van der Waals surface area (Å²) in [5, 5.41) is 3.67. The molecule has 1 aromatic carbocycles. The van der Waals surface area contributed by atoms with Crippen molar-refractivity contribution in [1.82, 2.24) is 5.32 Å². The van der Waals surface area contributed by atoms with E-state index in [1.165, 1.54) is 18.4 Å². The Labute approximate surface area is 106 Å². The normalized spacial score (nSPS) is 19.4. The third-order valence-corrected chi connectivity index (χ3v) is 3.56. The molecule has 1 N–H and O–H groups in total. The molecular weight excluding hydrogens is 266 g/mol. The average Bonchev–Trinajstić information content (AvgIpc) is 2.99. The first-order chi connectivity index (χ1) is 7.66. The maximum atomic E-state index is 5.17. The molecule has 1 aliphatic rings. The SMILES string of the molecule is COCC(C)NC1(c2cccc(Br)c2)CC1. The molecule has 1 unspecified atom stereocenters. The Morgan fingerprint density at radius 2 is 2.25 bits per heavy atom. The molecule has 0 amide bonds. The van der Waals surface area contributed by atoms with Crippen molar-refractivity contribution < 1.29 is 4.74 Å². The molecule has 1 aliphatic carbocycles. The van der Waals surface area contributed by atoms with Gasteiger partial charge in [-0.3, -0.25) is 0 Å². The van der Waals surface area contributed by atoms with Crippen molar-refractivity contribution in [1.29, 1.82) is 0 Å². The van der Waals surface area contributed by atoms with Crippen LogP contribution in [0.4, 0.5) is 0 Å². The summed E-state index contributed by atoms with van der Waals surface area (Å²) < 4.78 is 6.32. The zero-order chi connectivity index (χ0) is 11.6. The second-order valence-corrected chi connectivity index (χ2v) is 5.51. The van der Waals surface area contributed by atoms with Gasteiger partial charge in [-0.1, -0.05) is 28.1 Å². The Morgan fingerprint density at radius 3 is 2.81 bits per heavy atom. The molecule has 16 heavy (non-hydrogen) atoms. The highest BCUT2D eigenvalue weighted by atomic mass is 79.9. The third kappa shape index (κ3) is 2.65. The molecule has 1 aromatic rings. The summed E-state index contributed by atoms with van der Waals surface area (Å²) in [4.78, 5) is 0. The van der Waals surface area contributed by atoms with Crippen LogP contribution < -0.4 is 5.32 Å². The highest BCUT2D eigenvalue weighted by Gasteiger charge is 2.44. The minimum atomic E-state index is 0.196. The van der Waals surface area contributed by atoms with Crippen molar-refractivity contribution in [3.63, 3.8) is 0 Å². The Kier molecular flexibility index (Phi) is 3.67. The van der Waals surface area contributed by atoms with Crippen molar-refractivity contribution in [2.45, 2.75) is 31.3 Å². The molecule has 0 spiro atoms. The first-order valence-electron chi connectivity index (χ1n) is 5.69. The lowest BCUT2D eigenvalue weighted by Crippen LogP contribution is -2.39. The summed E-state index contributed by atoms with van der Waals surface area (Å²) in [5.74, 6) is 0. The summed E-state index contributed by atoms with van der Waals surface area (Å²) in [6.07, 6.45) is 2.44. The largest absolute Gasteiger partial charge is 0.383 e. The molecule has 0 saturated heterocycles. The van der Waals surface area contributed by atoms with Crippen molar-refractivity contribution in [3.05, 3.63) is 34.3 Å². The van der Waals surface area contributed by atoms with E-state index >= 15 is 0 Å². The molecule has 2 rings (SSSR count). The molecule has 1 atom stereocenters. The second-order valence-electron chi connectivity index (χ2n) is 4.59. The van der Waals surface area contributed by atoms with E-state index in [-0.39, 0.29) is 5.54 Å². The number of benzene rings is 1.